The van der Waals surface area contributed by atoms with Crippen LogP contribution in [0.25, 0.3) is 0 Å². The largest absolute Gasteiger partial charge is 0.299 e. The van der Waals surface area contributed by atoms with Crippen LogP contribution in [0.5, 0.6) is 0 Å². The smallest absolute Gasteiger partial charge is 0.265 e. The van der Waals surface area contributed by atoms with E-state index in [1.165, 1.54) is 11.8 Å². The summed E-state index contributed by atoms with van der Waals surface area (Å²) in [4.78, 5) is 14.8. The van der Waals surface area contributed by atoms with E-state index < -0.39 is 0 Å². The second-order valence-electron chi connectivity index (χ2n) is 3.38. The molecule has 0 aromatic carbocycles. The molecular formula is C9H13N3OS. The van der Waals surface area contributed by atoms with E-state index in [4.69, 9.17) is 0 Å². The zero-order valence-electron chi connectivity index (χ0n) is 8.36. The van der Waals surface area contributed by atoms with Crippen molar-refractivity contribution in [3.63, 3.8) is 0 Å². The van der Waals surface area contributed by atoms with Gasteiger partial charge in [-0.25, -0.2) is 0 Å². The first-order chi connectivity index (χ1) is 6.59. The molecule has 0 saturated heterocycles. The van der Waals surface area contributed by atoms with Gasteiger partial charge < -0.3 is 0 Å². The number of rotatable bonds is 3. The number of nitrogens with zero attached hydrogens (tertiary/aromatic N) is 3. The molecule has 0 saturated carbocycles. The molecule has 0 unspecified atom stereocenters. The Labute approximate surface area is 87.6 Å². The lowest BCUT2D eigenvalue weighted by Crippen LogP contribution is -2.05. The number of hydrogen-bond acceptors (Lipinski definition) is 4. The minimum Gasteiger partial charge on any atom is -0.265 e. The van der Waals surface area contributed by atoms with Crippen molar-refractivity contribution in [1.29, 1.82) is 0 Å². The van der Waals surface area contributed by atoms with E-state index >= 15 is 0 Å². The molecule has 0 bridgehead atoms. The van der Waals surface area contributed by atoms with Crippen molar-refractivity contribution in [2.24, 2.45) is 21.1 Å². The van der Waals surface area contributed by atoms with Gasteiger partial charge in [0, 0.05) is 5.75 Å². The lowest BCUT2D eigenvalue weighted by atomic mass is 10.2. The second-order valence-corrected chi connectivity index (χ2v) is 4.44. The number of aliphatic imine (C=N–C) groups is 1. The van der Waals surface area contributed by atoms with Crippen LogP contribution in [-0.4, -0.2) is 16.8 Å². The van der Waals surface area contributed by atoms with Crippen molar-refractivity contribution in [2.75, 3.05) is 5.75 Å². The minimum absolute atomic E-state index is 0.109. The zero-order chi connectivity index (χ0) is 10.6. The van der Waals surface area contributed by atoms with E-state index in [-0.39, 0.29) is 11.6 Å². The first-order valence-electron chi connectivity index (χ1n) is 4.46. The van der Waals surface area contributed by atoms with Gasteiger partial charge in [-0.05, 0) is 12.3 Å². The second kappa shape index (κ2) is 5.05. The fourth-order valence-electron chi connectivity index (χ4n) is 0.767. The summed E-state index contributed by atoms with van der Waals surface area (Å²) >= 11 is 1.46. The highest BCUT2D eigenvalue weighted by Crippen LogP contribution is 2.16. The Balaban J connectivity index is 2.40. The van der Waals surface area contributed by atoms with E-state index in [2.05, 4.69) is 35.6 Å². The molecule has 0 N–H and O–H groups in total. The Kier molecular flexibility index (Phi) is 4.00. The van der Waals surface area contributed by atoms with Crippen LogP contribution in [0.15, 0.2) is 27.5 Å². The fourth-order valence-corrected chi connectivity index (χ4v) is 1.78. The zero-order valence-corrected chi connectivity index (χ0v) is 9.17. The molecule has 76 valence electrons. The van der Waals surface area contributed by atoms with Crippen LogP contribution < -0.4 is 0 Å². The standard InChI is InChI=1S/C9H13N3OS/c1-6(2)4-5-14-9-10-8(13)7(3)11-12-9/h6H,3-5H2,1-2H3. The molecule has 5 heteroatoms. The minimum atomic E-state index is -0.382. The maximum absolute atomic E-state index is 11.0. The first kappa shape index (κ1) is 11.1. The van der Waals surface area contributed by atoms with Crippen LogP contribution >= 0.6 is 11.8 Å². The summed E-state index contributed by atoms with van der Waals surface area (Å²) in [5, 5.41) is 7.84. The molecule has 0 fully saturated rings. The number of carbonyl (C=O) groups excluding carboxylic acids is 1. The third-order valence-corrected chi connectivity index (χ3v) is 2.50. The Morgan fingerprint density at radius 2 is 2.14 bits per heavy atom. The Morgan fingerprint density at radius 3 is 2.71 bits per heavy atom. The summed E-state index contributed by atoms with van der Waals surface area (Å²) < 4.78 is 0. The van der Waals surface area contributed by atoms with Gasteiger partial charge in [-0.2, -0.15) is 4.99 Å². The van der Waals surface area contributed by atoms with Gasteiger partial charge in [-0.3, -0.25) is 4.79 Å². The first-order valence-corrected chi connectivity index (χ1v) is 5.44. The van der Waals surface area contributed by atoms with Crippen LogP contribution in [-0.2, 0) is 4.79 Å². The Bertz CT molecular complexity index is 307. The normalized spacial score (nSPS) is 16.4. The number of carbonyl (C=O) groups is 1. The van der Waals surface area contributed by atoms with Gasteiger partial charge in [0.2, 0.25) is 5.17 Å². The van der Waals surface area contributed by atoms with Crippen molar-refractivity contribution >= 4 is 22.8 Å². The highest BCUT2D eigenvalue weighted by molar-refractivity contribution is 8.13. The summed E-state index contributed by atoms with van der Waals surface area (Å²) in [6, 6.07) is 0. The van der Waals surface area contributed by atoms with Crippen LogP contribution in [0.3, 0.4) is 0 Å². The van der Waals surface area contributed by atoms with Crippen molar-refractivity contribution in [3.05, 3.63) is 12.3 Å². The predicted molar refractivity (Wildman–Crippen MR) is 58.4 cm³/mol. The molecule has 0 aromatic heterocycles. The quantitative estimate of drug-likeness (QED) is 0.674. The lowest BCUT2D eigenvalue weighted by molar-refractivity contribution is -0.114. The monoisotopic (exact) mass is 211 g/mol. The van der Waals surface area contributed by atoms with Gasteiger partial charge in [0.05, 0.1) is 0 Å². The third-order valence-electron chi connectivity index (χ3n) is 1.63. The molecule has 0 aliphatic carbocycles. The molecule has 1 heterocycles. The van der Waals surface area contributed by atoms with Crippen LogP contribution in [0, 0.1) is 5.92 Å². The molecule has 1 aliphatic rings. The van der Waals surface area contributed by atoms with Gasteiger partial charge in [-0.15, -0.1) is 10.2 Å². The van der Waals surface area contributed by atoms with Crippen molar-refractivity contribution in [3.8, 4) is 0 Å². The van der Waals surface area contributed by atoms with Crippen molar-refractivity contribution < 1.29 is 4.79 Å². The van der Waals surface area contributed by atoms with Gasteiger partial charge in [-0.1, -0.05) is 32.2 Å². The summed E-state index contributed by atoms with van der Waals surface area (Å²) in [5.74, 6) is 1.18. The summed E-state index contributed by atoms with van der Waals surface area (Å²) in [7, 11) is 0. The van der Waals surface area contributed by atoms with E-state index in [1.807, 2.05) is 0 Å². The number of thioether (sulfide) groups is 1. The fraction of sp³-hybridized carbons (Fsp3) is 0.556. The summed E-state index contributed by atoms with van der Waals surface area (Å²) in [6.45, 7) is 7.71. The van der Waals surface area contributed by atoms with Crippen LogP contribution in [0.2, 0.25) is 0 Å². The lowest BCUT2D eigenvalue weighted by Gasteiger charge is -2.05. The summed E-state index contributed by atoms with van der Waals surface area (Å²) in [5.41, 5.74) is 0.109. The number of amidine groups is 1. The molecule has 4 nitrogen and oxygen atoms in total. The molecule has 1 rings (SSSR count). The molecular weight excluding hydrogens is 198 g/mol. The van der Waals surface area contributed by atoms with Crippen molar-refractivity contribution in [2.45, 2.75) is 20.3 Å². The molecule has 0 radical (unpaired) electrons. The van der Waals surface area contributed by atoms with Crippen molar-refractivity contribution in [1.82, 2.24) is 0 Å². The van der Waals surface area contributed by atoms with Gasteiger partial charge in [0.1, 0.15) is 5.70 Å². The Hall–Kier alpha value is -0.970. The average Bonchev–Trinajstić information content (AvgIpc) is 2.10. The number of amides is 1. The van der Waals surface area contributed by atoms with Gasteiger partial charge in [0.25, 0.3) is 5.91 Å². The maximum atomic E-state index is 11.0. The topological polar surface area (TPSA) is 54.1 Å². The van der Waals surface area contributed by atoms with Crippen LogP contribution in [0.1, 0.15) is 20.3 Å². The molecule has 14 heavy (non-hydrogen) atoms. The predicted octanol–water partition coefficient (Wildman–Crippen LogP) is 2.63. The molecule has 0 spiro atoms. The van der Waals surface area contributed by atoms with E-state index in [0.29, 0.717) is 11.1 Å². The average molecular weight is 211 g/mol. The number of hydrogen-bond donors (Lipinski definition) is 0. The third kappa shape index (κ3) is 3.41. The maximum Gasteiger partial charge on any atom is 0.299 e. The molecule has 0 atom stereocenters. The molecule has 1 aliphatic heterocycles. The SMILES string of the molecule is C=C1N=NC(SCCC(C)C)=NC1=O. The van der Waals surface area contributed by atoms with Crippen LogP contribution in [0.4, 0.5) is 0 Å². The van der Waals surface area contributed by atoms with Gasteiger partial charge >= 0.3 is 0 Å². The molecule has 1 amide bonds. The van der Waals surface area contributed by atoms with E-state index in [9.17, 15) is 4.79 Å². The highest BCUT2D eigenvalue weighted by atomic mass is 32.2. The summed E-state index contributed by atoms with van der Waals surface area (Å²) in [6.07, 6.45) is 1.08. The Morgan fingerprint density at radius 1 is 1.43 bits per heavy atom. The van der Waals surface area contributed by atoms with E-state index in [1.54, 1.807) is 0 Å². The highest BCUT2D eigenvalue weighted by Gasteiger charge is 2.13. The van der Waals surface area contributed by atoms with Gasteiger partial charge in [0.15, 0.2) is 0 Å². The molecule has 0 aromatic rings. The number of azo groups is 1. The van der Waals surface area contributed by atoms with E-state index in [0.717, 1.165) is 12.2 Å².